The second-order valence-corrected chi connectivity index (χ2v) is 4.56. The Morgan fingerprint density at radius 3 is 3.19 bits per heavy atom. The zero-order chi connectivity index (χ0) is 11.4. The highest BCUT2D eigenvalue weighted by atomic mass is 14.9. The fraction of sp³-hybridized carbons (Fsp3) is 0.467. The first-order valence-electron chi connectivity index (χ1n) is 6.07. The molecule has 1 aromatic rings. The average Bonchev–Trinajstić information content (AvgIpc) is 2.67. The first-order valence-corrected chi connectivity index (χ1v) is 6.07. The molecule has 1 atom stereocenters. The third-order valence-corrected chi connectivity index (χ3v) is 3.27. The predicted octanol–water partition coefficient (Wildman–Crippen LogP) is 2.99. The van der Waals surface area contributed by atoms with Gasteiger partial charge >= 0.3 is 0 Å². The van der Waals surface area contributed by atoms with Crippen molar-refractivity contribution in [3.05, 3.63) is 34.9 Å². The number of terminal acetylenes is 1. The van der Waals surface area contributed by atoms with Crippen molar-refractivity contribution < 1.29 is 0 Å². The molecule has 0 amide bonds. The van der Waals surface area contributed by atoms with Gasteiger partial charge in [0.2, 0.25) is 0 Å². The molecule has 1 N–H and O–H groups in total. The highest BCUT2D eigenvalue weighted by Crippen LogP contribution is 2.31. The van der Waals surface area contributed by atoms with E-state index < -0.39 is 0 Å². The van der Waals surface area contributed by atoms with Crippen LogP contribution in [0.5, 0.6) is 0 Å². The van der Waals surface area contributed by atoms with E-state index in [0.717, 1.165) is 19.4 Å². The van der Waals surface area contributed by atoms with Crippen LogP contribution in [0.3, 0.4) is 0 Å². The van der Waals surface area contributed by atoms with Gasteiger partial charge in [0.25, 0.3) is 0 Å². The van der Waals surface area contributed by atoms with Crippen molar-refractivity contribution in [2.45, 2.75) is 38.6 Å². The Kier molecular flexibility index (Phi) is 3.64. The molecule has 2 rings (SSSR count). The molecule has 1 heteroatoms. The SMILES string of the molecule is C#CCCCNC1CCc2ccc(C)cc21. The van der Waals surface area contributed by atoms with E-state index in [2.05, 4.69) is 36.4 Å². The Morgan fingerprint density at radius 2 is 2.38 bits per heavy atom. The van der Waals surface area contributed by atoms with Crippen molar-refractivity contribution in [1.29, 1.82) is 0 Å². The Bertz CT molecular complexity index is 400. The molecule has 0 heterocycles. The number of rotatable bonds is 4. The van der Waals surface area contributed by atoms with E-state index in [1.807, 2.05) is 0 Å². The number of unbranched alkanes of at least 4 members (excludes halogenated alkanes) is 1. The minimum atomic E-state index is 0.549. The monoisotopic (exact) mass is 213 g/mol. The van der Waals surface area contributed by atoms with Gasteiger partial charge in [-0.05, 0) is 43.9 Å². The van der Waals surface area contributed by atoms with Crippen LogP contribution in [0.2, 0.25) is 0 Å². The number of hydrogen-bond donors (Lipinski definition) is 1. The zero-order valence-electron chi connectivity index (χ0n) is 9.92. The fourth-order valence-electron chi connectivity index (χ4n) is 2.40. The van der Waals surface area contributed by atoms with E-state index in [-0.39, 0.29) is 0 Å². The predicted molar refractivity (Wildman–Crippen MR) is 68.3 cm³/mol. The molecule has 0 saturated carbocycles. The number of hydrogen-bond acceptors (Lipinski definition) is 1. The van der Waals surface area contributed by atoms with E-state index in [1.54, 1.807) is 0 Å². The van der Waals surface area contributed by atoms with Crippen LogP contribution in [0.25, 0.3) is 0 Å². The summed E-state index contributed by atoms with van der Waals surface area (Å²) < 4.78 is 0. The number of benzene rings is 1. The number of nitrogens with one attached hydrogen (secondary N) is 1. The fourth-order valence-corrected chi connectivity index (χ4v) is 2.40. The van der Waals surface area contributed by atoms with Crippen molar-refractivity contribution >= 4 is 0 Å². The molecule has 0 bridgehead atoms. The maximum Gasteiger partial charge on any atom is 0.0326 e. The largest absolute Gasteiger partial charge is 0.310 e. The summed E-state index contributed by atoms with van der Waals surface area (Å²) in [7, 11) is 0. The molecule has 0 radical (unpaired) electrons. The Hall–Kier alpha value is -1.26. The lowest BCUT2D eigenvalue weighted by atomic mass is 10.1. The van der Waals surface area contributed by atoms with Gasteiger partial charge in [0, 0.05) is 12.5 Å². The van der Waals surface area contributed by atoms with Crippen LogP contribution in [-0.4, -0.2) is 6.54 Å². The second-order valence-electron chi connectivity index (χ2n) is 4.56. The molecular formula is C15H19N. The summed E-state index contributed by atoms with van der Waals surface area (Å²) in [5.41, 5.74) is 4.37. The molecule has 0 aromatic heterocycles. The van der Waals surface area contributed by atoms with Gasteiger partial charge < -0.3 is 5.32 Å². The van der Waals surface area contributed by atoms with Gasteiger partial charge in [-0.25, -0.2) is 0 Å². The first kappa shape index (κ1) is 11.2. The molecule has 0 saturated heterocycles. The summed E-state index contributed by atoms with van der Waals surface area (Å²) in [5.74, 6) is 2.68. The van der Waals surface area contributed by atoms with Gasteiger partial charge in [0.1, 0.15) is 0 Å². The van der Waals surface area contributed by atoms with Gasteiger partial charge in [0.15, 0.2) is 0 Å². The summed E-state index contributed by atoms with van der Waals surface area (Å²) in [6.45, 7) is 3.19. The summed E-state index contributed by atoms with van der Waals surface area (Å²) in [6, 6.07) is 7.35. The molecular weight excluding hydrogens is 194 g/mol. The van der Waals surface area contributed by atoms with Crippen molar-refractivity contribution in [2.75, 3.05) is 6.54 Å². The van der Waals surface area contributed by atoms with Crippen molar-refractivity contribution in [3.8, 4) is 12.3 Å². The van der Waals surface area contributed by atoms with Crippen LogP contribution in [0.15, 0.2) is 18.2 Å². The number of fused-ring (bicyclic) bond motifs is 1. The molecule has 1 aliphatic carbocycles. The Morgan fingerprint density at radius 1 is 1.50 bits per heavy atom. The van der Waals surface area contributed by atoms with Crippen LogP contribution < -0.4 is 5.32 Å². The topological polar surface area (TPSA) is 12.0 Å². The maximum atomic E-state index is 5.24. The normalized spacial score (nSPS) is 18.1. The van der Waals surface area contributed by atoms with E-state index in [1.165, 1.54) is 29.5 Å². The van der Waals surface area contributed by atoms with Gasteiger partial charge in [-0.2, -0.15) is 0 Å². The molecule has 0 aliphatic heterocycles. The minimum Gasteiger partial charge on any atom is -0.310 e. The van der Waals surface area contributed by atoms with Crippen LogP contribution >= 0.6 is 0 Å². The molecule has 16 heavy (non-hydrogen) atoms. The third-order valence-electron chi connectivity index (χ3n) is 3.27. The summed E-state index contributed by atoms with van der Waals surface area (Å²) >= 11 is 0. The van der Waals surface area contributed by atoms with Crippen LogP contribution in [0, 0.1) is 19.3 Å². The minimum absolute atomic E-state index is 0.549. The lowest BCUT2D eigenvalue weighted by Crippen LogP contribution is -2.20. The van der Waals surface area contributed by atoms with E-state index >= 15 is 0 Å². The van der Waals surface area contributed by atoms with Crippen LogP contribution in [-0.2, 0) is 6.42 Å². The molecule has 1 unspecified atom stereocenters. The second kappa shape index (κ2) is 5.18. The lowest BCUT2D eigenvalue weighted by molar-refractivity contribution is 0.523. The standard InChI is InChI=1S/C15H19N/c1-3-4-5-10-16-15-9-8-13-7-6-12(2)11-14(13)15/h1,6-7,11,15-16H,4-5,8-10H2,2H3. The van der Waals surface area contributed by atoms with Crippen molar-refractivity contribution in [3.63, 3.8) is 0 Å². The van der Waals surface area contributed by atoms with Gasteiger partial charge in [-0.3, -0.25) is 0 Å². The van der Waals surface area contributed by atoms with Gasteiger partial charge in [-0.15, -0.1) is 12.3 Å². The zero-order valence-corrected chi connectivity index (χ0v) is 9.92. The maximum absolute atomic E-state index is 5.24. The summed E-state index contributed by atoms with van der Waals surface area (Å²) in [5, 5.41) is 3.60. The highest BCUT2D eigenvalue weighted by molar-refractivity contribution is 5.37. The van der Waals surface area contributed by atoms with E-state index in [9.17, 15) is 0 Å². The van der Waals surface area contributed by atoms with Gasteiger partial charge in [0.05, 0.1) is 0 Å². The Balaban J connectivity index is 1.95. The summed E-state index contributed by atoms with van der Waals surface area (Å²) in [4.78, 5) is 0. The van der Waals surface area contributed by atoms with E-state index in [0.29, 0.717) is 6.04 Å². The first-order chi connectivity index (χ1) is 7.81. The molecule has 0 fully saturated rings. The van der Waals surface area contributed by atoms with Crippen LogP contribution in [0.1, 0.15) is 42.0 Å². The van der Waals surface area contributed by atoms with Crippen LogP contribution in [0.4, 0.5) is 0 Å². The molecule has 1 aromatic carbocycles. The molecule has 1 aliphatic rings. The molecule has 84 valence electrons. The number of aryl methyl sites for hydroxylation is 2. The summed E-state index contributed by atoms with van der Waals surface area (Å²) in [6.07, 6.45) is 9.64. The average molecular weight is 213 g/mol. The van der Waals surface area contributed by atoms with Crippen molar-refractivity contribution in [2.24, 2.45) is 0 Å². The Labute approximate surface area is 98.3 Å². The quantitative estimate of drug-likeness (QED) is 0.599. The van der Waals surface area contributed by atoms with Gasteiger partial charge in [-0.1, -0.05) is 23.8 Å². The third kappa shape index (κ3) is 2.46. The smallest absolute Gasteiger partial charge is 0.0326 e. The lowest BCUT2D eigenvalue weighted by Gasteiger charge is -2.14. The molecule has 0 spiro atoms. The highest BCUT2D eigenvalue weighted by Gasteiger charge is 2.21. The van der Waals surface area contributed by atoms with Crippen molar-refractivity contribution in [1.82, 2.24) is 5.32 Å². The molecule has 1 nitrogen and oxygen atoms in total. The van der Waals surface area contributed by atoms with E-state index in [4.69, 9.17) is 6.42 Å².